The predicted octanol–water partition coefficient (Wildman–Crippen LogP) is 4.88. The van der Waals surface area contributed by atoms with Crippen LogP contribution in [0.1, 0.15) is 33.3 Å². The number of rotatable bonds is 7. The number of carbonyl (C=O) groups excluding carboxylic acids is 3. The highest BCUT2D eigenvalue weighted by atomic mass is 19.4. The number of nitrogens with zero attached hydrogens (tertiary/aromatic N) is 3. The van der Waals surface area contributed by atoms with E-state index in [4.69, 9.17) is 0 Å². The van der Waals surface area contributed by atoms with Gasteiger partial charge in [-0.1, -0.05) is 19.9 Å². The Labute approximate surface area is 200 Å². The molecule has 0 unspecified atom stereocenters. The fourth-order valence-corrected chi connectivity index (χ4v) is 3.42. The van der Waals surface area contributed by atoms with Crippen LogP contribution in [0.4, 0.5) is 29.3 Å². The third-order valence-electron chi connectivity index (χ3n) is 5.25. The molecule has 2 aromatic rings. The molecule has 1 fully saturated rings. The second kappa shape index (κ2) is 9.77. The highest BCUT2D eigenvalue weighted by Crippen LogP contribution is 2.38. The van der Waals surface area contributed by atoms with Crippen LogP contribution in [-0.2, 0) is 16.1 Å². The SMILES string of the molecule is CC(C)C=CC(=O)Nc1cc(N2C(=O)N(Cc3ccncc3)C(C)(C)C2=O)ccc1OC(F)(F)F. The van der Waals surface area contributed by atoms with Crippen LogP contribution in [-0.4, -0.2) is 39.6 Å². The van der Waals surface area contributed by atoms with E-state index in [2.05, 4.69) is 15.0 Å². The number of carbonyl (C=O) groups is 3. The molecule has 2 heterocycles. The number of alkyl halides is 3. The van der Waals surface area contributed by atoms with Crippen molar-refractivity contribution < 1.29 is 32.3 Å². The molecule has 1 saturated heterocycles. The molecule has 35 heavy (non-hydrogen) atoms. The first-order valence-corrected chi connectivity index (χ1v) is 10.7. The van der Waals surface area contributed by atoms with Gasteiger partial charge in [0, 0.05) is 18.9 Å². The molecule has 3 rings (SSSR count). The molecule has 4 amide bonds. The average Bonchev–Trinajstić information content (AvgIpc) is 2.93. The van der Waals surface area contributed by atoms with Gasteiger partial charge in [0.15, 0.2) is 5.75 Å². The third-order valence-corrected chi connectivity index (χ3v) is 5.25. The first-order chi connectivity index (χ1) is 16.3. The second-order valence-electron chi connectivity index (χ2n) is 8.74. The van der Waals surface area contributed by atoms with Gasteiger partial charge >= 0.3 is 12.4 Å². The van der Waals surface area contributed by atoms with Crippen LogP contribution in [0.3, 0.4) is 0 Å². The number of aromatic nitrogens is 1. The fourth-order valence-electron chi connectivity index (χ4n) is 3.42. The summed E-state index contributed by atoms with van der Waals surface area (Å²) >= 11 is 0. The summed E-state index contributed by atoms with van der Waals surface area (Å²) in [6.45, 7) is 6.93. The lowest BCUT2D eigenvalue weighted by atomic mass is 10.0. The predicted molar refractivity (Wildman–Crippen MR) is 122 cm³/mol. The Morgan fingerprint density at radius 3 is 2.43 bits per heavy atom. The lowest BCUT2D eigenvalue weighted by Gasteiger charge is -2.27. The molecule has 0 bridgehead atoms. The quantitative estimate of drug-likeness (QED) is 0.441. The zero-order valence-electron chi connectivity index (χ0n) is 19.6. The second-order valence-corrected chi connectivity index (χ2v) is 8.74. The van der Waals surface area contributed by atoms with Gasteiger partial charge < -0.3 is 15.0 Å². The molecule has 1 aliphatic heterocycles. The van der Waals surface area contributed by atoms with Gasteiger partial charge in [-0.25, -0.2) is 9.69 Å². The van der Waals surface area contributed by atoms with E-state index in [-0.39, 0.29) is 23.8 Å². The number of amides is 4. The Hall–Kier alpha value is -3.89. The summed E-state index contributed by atoms with van der Waals surface area (Å²) in [5.41, 5.74) is -0.840. The fraction of sp³-hybridized carbons (Fsp3) is 0.333. The van der Waals surface area contributed by atoms with E-state index in [1.54, 1.807) is 44.4 Å². The number of pyridine rings is 1. The number of hydrogen-bond donors (Lipinski definition) is 1. The van der Waals surface area contributed by atoms with Crippen molar-refractivity contribution in [3.05, 3.63) is 60.4 Å². The normalized spacial score (nSPS) is 15.9. The number of halogens is 3. The number of hydrogen-bond acceptors (Lipinski definition) is 5. The molecular formula is C24H25F3N4O4. The monoisotopic (exact) mass is 490 g/mol. The maximum atomic E-state index is 13.3. The summed E-state index contributed by atoms with van der Waals surface area (Å²) in [6, 6.07) is 5.96. The van der Waals surface area contributed by atoms with Crippen LogP contribution in [0.5, 0.6) is 5.75 Å². The molecule has 0 saturated carbocycles. The number of allylic oxidation sites excluding steroid dienone is 1. The number of urea groups is 1. The van der Waals surface area contributed by atoms with Gasteiger partial charge in [0.2, 0.25) is 5.91 Å². The van der Waals surface area contributed by atoms with Crippen molar-refractivity contribution >= 4 is 29.2 Å². The highest BCUT2D eigenvalue weighted by Gasteiger charge is 2.51. The molecule has 1 aliphatic rings. The molecular weight excluding hydrogens is 465 g/mol. The minimum atomic E-state index is -5.02. The first kappa shape index (κ1) is 25.7. The molecule has 1 aromatic heterocycles. The molecule has 0 atom stereocenters. The van der Waals surface area contributed by atoms with E-state index in [1.165, 1.54) is 11.0 Å². The molecule has 186 valence electrons. The first-order valence-electron chi connectivity index (χ1n) is 10.7. The van der Waals surface area contributed by atoms with E-state index in [1.807, 2.05) is 13.8 Å². The van der Waals surface area contributed by atoms with Crippen LogP contribution < -0.4 is 15.0 Å². The Kier molecular flexibility index (Phi) is 7.18. The number of ether oxygens (including phenoxy) is 1. The summed E-state index contributed by atoms with van der Waals surface area (Å²) < 4.78 is 42.8. The van der Waals surface area contributed by atoms with Gasteiger partial charge in [0.1, 0.15) is 5.54 Å². The van der Waals surface area contributed by atoms with Gasteiger partial charge in [-0.15, -0.1) is 13.2 Å². The van der Waals surface area contributed by atoms with Gasteiger partial charge in [-0.05, 0) is 61.7 Å². The van der Waals surface area contributed by atoms with E-state index in [0.717, 1.165) is 28.7 Å². The van der Waals surface area contributed by atoms with Gasteiger partial charge in [-0.3, -0.25) is 14.6 Å². The molecule has 11 heteroatoms. The topological polar surface area (TPSA) is 91.8 Å². The molecule has 1 aromatic carbocycles. The summed E-state index contributed by atoms with van der Waals surface area (Å²) in [6.07, 6.45) is 0.851. The number of nitrogens with one attached hydrogen (secondary N) is 1. The summed E-state index contributed by atoms with van der Waals surface area (Å²) in [5.74, 6) is -1.91. The molecule has 0 radical (unpaired) electrons. The Morgan fingerprint density at radius 1 is 1.17 bits per heavy atom. The summed E-state index contributed by atoms with van der Waals surface area (Å²) in [7, 11) is 0. The maximum absolute atomic E-state index is 13.3. The maximum Gasteiger partial charge on any atom is 0.573 e. The van der Waals surface area contributed by atoms with Crippen LogP contribution in [0, 0.1) is 5.92 Å². The van der Waals surface area contributed by atoms with Crippen molar-refractivity contribution in [3.8, 4) is 5.75 Å². The Balaban J connectivity index is 1.97. The number of anilines is 2. The van der Waals surface area contributed by atoms with E-state index < -0.39 is 35.5 Å². The standard InChI is InChI=1S/C24H25F3N4O4/c1-15(2)5-8-20(32)29-18-13-17(6-7-19(18)35-24(25,26)27)31-21(33)23(3,4)30(22(31)34)14-16-9-11-28-12-10-16/h5-13,15H,14H2,1-4H3,(H,29,32). The average molecular weight is 490 g/mol. The lowest BCUT2D eigenvalue weighted by Crippen LogP contribution is -2.43. The summed E-state index contributed by atoms with van der Waals surface area (Å²) in [5, 5.41) is 2.33. The Bertz CT molecular complexity index is 1150. The van der Waals surface area contributed by atoms with E-state index >= 15 is 0 Å². The van der Waals surface area contributed by atoms with Crippen LogP contribution in [0.15, 0.2) is 54.9 Å². The van der Waals surface area contributed by atoms with Crippen molar-refractivity contribution in [2.24, 2.45) is 5.92 Å². The van der Waals surface area contributed by atoms with Crippen molar-refractivity contribution in [2.75, 3.05) is 10.2 Å². The van der Waals surface area contributed by atoms with Crippen molar-refractivity contribution in [2.45, 2.75) is 46.1 Å². The van der Waals surface area contributed by atoms with E-state index in [9.17, 15) is 27.6 Å². The zero-order chi connectivity index (χ0) is 26.0. The number of imide groups is 1. The zero-order valence-corrected chi connectivity index (χ0v) is 19.6. The molecule has 1 N–H and O–H groups in total. The molecule has 0 spiro atoms. The third kappa shape index (κ3) is 5.97. The minimum Gasteiger partial charge on any atom is -0.404 e. The smallest absolute Gasteiger partial charge is 0.404 e. The molecule has 8 nitrogen and oxygen atoms in total. The largest absolute Gasteiger partial charge is 0.573 e. The van der Waals surface area contributed by atoms with Crippen LogP contribution in [0.2, 0.25) is 0 Å². The van der Waals surface area contributed by atoms with Gasteiger partial charge in [0.25, 0.3) is 5.91 Å². The van der Waals surface area contributed by atoms with Crippen molar-refractivity contribution in [1.29, 1.82) is 0 Å². The van der Waals surface area contributed by atoms with Crippen molar-refractivity contribution in [3.63, 3.8) is 0 Å². The lowest BCUT2D eigenvalue weighted by molar-refractivity contribution is -0.274. The summed E-state index contributed by atoms with van der Waals surface area (Å²) in [4.78, 5) is 44.9. The van der Waals surface area contributed by atoms with Gasteiger partial charge in [0.05, 0.1) is 11.4 Å². The van der Waals surface area contributed by atoms with Gasteiger partial charge in [-0.2, -0.15) is 0 Å². The van der Waals surface area contributed by atoms with Crippen LogP contribution >= 0.6 is 0 Å². The minimum absolute atomic E-state index is 0.0111. The van der Waals surface area contributed by atoms with Crippen LogP contribution in [0.25, 0.3) is 0 Å². The van der Waals surface area contributed by atoms with Crippen molar-refractivity contribution in [1.82, 2.24) is 9.88 Å². The number of benzene rings is 1. The Morgan fingerprint density at radius 2 is 1.83 bits per heavy atom. The molecule has 0 aliphatic carbocycles. The van der Waals surface area contributed by atoms with E-state index in [0.29, 0.717) is 0 Å². The highest BCUT2D eigenvalue weighted by molar-refractivity contribution is 6.23.